The van der Waals surface area contributed by atoms with Gasteiger partial charge in [-0.05, 0) is 36.4 Å². The number of benzene rings is 2. The molecule has 2 N–H and O–H groups in total. The van der Waals surface area contributed by atoms with Gasteiger partial charge in [-0.2, -0.15) is 0 Å². The van der Waals surface area contributed by atoms with Crippen LogP contribution in [0.1, 0.15) is 10.4 Å². The van der Waals surface area contributed by atoms with E-state index in [-0.39, 0.29) is 28.5 Å². The lowest BCUT2D eigenvalue weighted by Crippen LogP contribution is -2.25. The maximum atomic E-state index is 12.9. The number of nitrogens with one attached hydrogen (secondary N) is 1. The van der Waals surface area contributed by atoms with Gasteiger partial charge >= 0.3 is 12.3 Å². The molecule has 7 nitrogen and oxygen atoms in total. The minimum atomic E-state index is -3.75. The number of esters is 1. The van der Waals surface area contributed by atoms with Gasteiger partial charge < -0.3 is 24.6 Å². The largest absolute Gasteiger partial charge is 0.586 e. The summed E-state index contributed by atoms with van der Waals surface area (Å²) in [4.78, 5) is 23.5. The molecule has 0 fully saturated rings. The lowest BCUT2D eigenvalue weighted by atomic mass is 10.2. The summed E-state index contributed by atoms with van der Waals surface area (Å²) in [5, 5.41) is 11.5. The summed E-state index contributed by atoms with van der Waals surface area (Å²) < 4.78 is 39.2. The summed E-state index contributed by atoms with van der Waals surface area (Å²) in [7, 11) is 0. The van der Waals surface area contributed by atoms with Gasteiger partial charge in [0.1, 0.15) is 5.75 Å². The van der Waals surface area contributed by atoms with Gasteiger partial charge in [-0.1, -0.05) is 0 Å². The number of amides is 1. The molecule has 0 bridgehead atoms. The van der Waals surface area contributed by atoms with E-state index >= 15 is 0 Å². The van der Waals surface area contributed by atoms with Crippen LogP contribution in [0, 0.1) is 0 Å². The number of hydrogen-bond acceptors (Lipinski definition) is 6. The third kappa shape index (κ3) is 3.94. The van der Waals surface area contributed by atoms with Crippen molar-refractivity contribution in [3.63, 3.8) is 0 Å². The van der Waals surface area contributed by atoms with Crippen LogP contribution in [0.2, 0.25) is 0 Å². The van der Waals surface area contributed by atoms with Gasteiger partial charge in [0.15, 0.2) is 18.1 Å². The SMILES string of the molecule is O=C(COC(=O)c1ccc(O)cc1)Nc1ccc2c(c1)OC(F)(F)O2. The zero-order chi connectivity index (χ0) is 18.0. The first-order valence-corrected chi connectivity index (χ1v) is 6.98. The molecule has 0 aromatic heterocycles. The average molecular weight is 351 g/mol. The van der Waals surface area contributed by atoms with Gasteiger partial charge in [0.05, 0.1) is 5.56 Å². The normalized spacial score (nSPS) is 14.0. The van der Waals surface area contributed by atoms with Crippen molar-refractivity contribution in [2.75, 3.05) is 11.9 Å². The first kappa shape index (κ1) is 16.5. The summed E-state index contributed by atoms with van der Waals surface area (Å²) in [5.74, 6) is -1.80. The number of hydrogen-bond donors (Lipinski definition) is 2. The Morgan fingerprint density at radius 3 is 2.48 bits per heavy atom. The van der Waals surface area contributed by atoms with Crippen LogP contribution in [0.15, 0.2) is 42.5 Å². The van der Waals surface area contributed by atoms with Crippen molar-refractivity contribution < 1.29 is 37.7 Å². The maximum Gasteiger partial charge on any atom is 0.586 e. The molecule has 0 saturated heterocycles. The summed E-state index contributed by atoms with van der Waals surface area (Å²) in [5.41, 5.74) is 0.335. The van der Waals surface area contributed by atoms with Crippen LogP contribution in [-0.4, -0.2) is 29.9 Å². The van der Waals surface area contributed by atoms with Crippen LogP contribution < -0.4 is 14.8 Å². The molecule has 1 aliphatic heterocycles. The molecule has 1 aliphatic rings. The quantitative estimate of drug-likeness (QED) is 0.822. The molecule has 1 heterocycles. The highest BCUT2D eigenvalue weighted by atomic mass is 19.3. The van der Waals surface area contributed by atoms with Gasteiger partial charge in [-0.3, -0.25) is 4.79 Å². The number of fused-ring (bicyclic) bond motifs is 1. The second kappa shape index (κ2) is 6.27. The molecule has 2 aromatic carbocycles. The predicted octanol–water partition coefficient (Wildman–Crippen LogP) is 2.51. The monoisotopic (exact) mass is 351 g/mol. The fraction of sp³-hybridized carbons (Fsp3) is 0.125. The first-order valence-electron chi connectivity index (χ1n) is 6.98. The van der Waals surface area contributed by atoms with Crippen LogP contribution in [0.4, 0.5) is 14.5 Å². The van der Waals surface area contributed by atoms with Crippen LogP contribution >= 0.6 is 0 Å². The number of anilines is 1. The molecule has 9 heteroatoms. The van der Waals surface area contributed by atoms with Crippen molar-refractivity contribution in [2.45, 2.75) is 6.29 Å². The lowest BCUT2D eigenvalue weighted by Gasteiger charge is -2.07. The van der Waals surface area contributed by atoms with Crippen molar-refractivity contribution >= 4 is 17.6 Å². The maximum absolute atomic E-state index is 12.9. The molecule has 0 aliphatic carbocycles. The van der Waals surface area contributed by atoms with Crippen molar-refractivity contribution in [2.24, 2.45) is 0 Å². The van der Waals surface area contributed by atoms with Gasteiger partial charge in [-0.15, -0.1) is 8.78 Å². The number of carbonyl (C=O) groups is 2. The van der Waals surface area contributed by atoms with E-state index < -0.39 is 24.8 Å². The number of ether oxygens (including phenoxy) is 3. The van der Waals surface area contributed by atoms with E-state index in [1.165, 1.54) is 36.4 Å². The van der Waals surface area contributed by atoms with Crippen molar-refractivity contribution in [1.82, 2.24) is 0 Å². The summed E-state index contributed by atoms with van der Waals surface area (Å²) in [6.07, 6.45) is -3.75. The van der Waals surface area contributed by atoms with Crippen molar-refractivity contribution in [3.05, 3.63) is 48.0 Å². The van der Waals surface area contributed by atoms with E-state index in [0.29, 0.717) is 0 Å². The van der Waals surface area contributed by atoms with Crippen LogP contribution in [-0.2, 0) is 9.53 Å². The Morgan fingerprint density at radius 1 is 1.08 bits per heavy atom. The minimum absolute atomic E-state index is 0.0114. The van der Waals surface area contributed by atoms with E-state index in [2.05, 4.69) is 14.8 Å². The smallest absolute Gasteiger partial charge is 0.508 e. The molecule has 0 unspecified atom stereocenters. The third-order valence-electron chi connectivity index (χ3n) is 3.12. The molecule has 2 aromatic rings. The molecule has 1 amide bonds. The zero-order valence-corrected chi connectivity index (χ0v) is 12.5. The Morgan fingerprint density at radius 2 is 1.76 bits per heavy atom. The molecule has 25 heavy (non-hydrogen) atoms. The second-order valence-electron chi connectivity index (χ2n) is 5.00. The molecule has 0 spiro atoms. The fourth-order valence-electron chi connectivity index (χ4n) is 2.04. The summed E-state index contributed by atoms with van der Waals surface area (Å²) in [6.45, 7) is -0.579. The van der Waals surface area contributed by atoms with E-state index in [1.807, 2.05) is 0 Å². The van der Waals surface area contributed by atoms with Gasteiger partial charge in [0, 0.05) is 11.8 Å². The van der Waals surface area contributed by atoms with E-state index in [1.54, 1.807) is 0 Å². The minimum Gasteiger partial charge on any atom is -0.508 e. The van der Waals surface area contributed by atoms with Crippen LogP contribution in [0.5, 0.6) is 17.2 Å². The fourth-order valence-corrected chi connectivity index (χ4v) is 2.04. The van der Waals surface area contributed by atoms with Crippen molar-refractivity contribution in [3.8, 4) is 17.2 Å². The number of halogens is 2. The summed E-state index contributed by atoms with van der Waals surface area (Å²) in [6, 6.07) is 9.01. The highest BCUT2D eigenvalue weighted by Gasteiger charge is 2.43. The molecule has 0 radical (unpaired) electrons. The number of aromatic hydroxyl groups is 1. The Labute approximate surface area is 139 Å². The number of phenolic OH excluding ortho intramolecular Hbond substituents is 1. The van der Waals surface area contributed by atoms with Crippen molar-refractivity contribution in [1.29, 1.82) is 0 Å². The number of phenols is 1. The first-order chi connectivity index (χ1) is 11.8. The molecule has 3 rings (SSSR count). The Balaban J connectivity index is 1.55. The van der Waals surface area contributed by atoms with Crippen LogP contribution in [0.25, 0.3) is 0 Å². The Bertz CT molecular complexity index is 822. The second-order valence-corrected chi connectivity index (χ2v) is 5.00. The molecular formula is C16H11F2NO6. The average Bonchev–Trinajstić information content (AvgIpc) is 2.86. The third-order valence-corrected chi connectivity index (χ3v) is 3.12. The molecular weight excluding hydrogens is 340 g/mol. The Kier molecular flexibility index (Phi) is 4.14. The summed E-state index contributed by atoms with van der Waals surface area (Å²) >= 11 is 0. The molecule has 130 valence electrons. The van der Waals surface area contributed by atoms with Gasteiger partial charge in [-0.25, -0.2) is 4.79 Å². The lowest BCUT2D eigenvalue weighted by molar-refractivity contribution is -0.286. The van der Waals surface area contributed by atoms with E-state index in [4.69, 9.17) is 9.84 Å². The highest BCUT2D eigenvalue weighted by molar-refractivity contribution is 5.95. The number of alkyl halides is 2. The number of carbonyl (C=O) groups excluding carboxylic acids is 2. The molecule has 0 saturated carbocycles. The van der Waals surface area contributed by atoms with Gasteiger partial charge in [0.2, 0.25) is 0 Å². The Hall–Kier alpha value is -3.36. The topological polar surface area (TPSA) is 94.1 Å². The van der Waals surface area contributed by atoms with E-state index in [0.717, 1.165) is 6.07 Å². The standard InChI is InChI=1S/C16H11F2NO6/c17-16(18)24-12-6-3-10(7-13(12)25-16)19-14(21)8-23-15(22)9-1-4-11(20)5-2-9/h1-7,20H,8H2,(H,19,21). The van der Waals surface area contributed by atoms with E-state index in [9.17, 15) is 18.4 Å². The highest BCUT2D eigenvalue weighted by Crippen LogP contribution is 2.42. The zero-order valence-electron chi connectivity index (χ0n) is 12.5. The predicted molar refractivity (Wildman–Crippen MR) is 79.7 cm³/mol. The molecule has 0 atom stereocenters. The van der Waals surface area contributed by atoms with Gasteiger partial charge in [0.25, 0.3) is 5.91 Å². The number of rotatable bonds is 4. The van der Waals surface area contributed by atoms with Crippen LogP contribution in [0.3, 0.4) is 0 Å².